The number of anilines is 1. The van der Waals surface area contributed by atoms with Crippen LogP contribution in [0.4, 0.5) is 5.13 Å². The molecule has 2 heterocycles. The number of amides is 2. The highest BCUT2D eigenvalue weighted by Gasteiger charge is 2.26. The number of thioether (sulfide) groups is 1. The minimum absolute atomic E-state index is 0.0572. The first-order valence-corrected chi connectivity index (χ1v) is 6.06. The third-order valence-electron chi connectivity index (χ3n) is 1.77. The maximum Gasteiger partial charge on any atom is 0.259 e. The first-order valence-electron chi connectivity index (χ1n) is 4.30. The topological polar surface area (TPSA) is 94.5 Å². The zero-order valence-electron chi connectivity index (χ0n) is 7.87. The fraction of sp³-hybridized carbons (Fsp3) is 0.250. The van der Waals surface area contributed by atoms with Gasteiger partial charge in [-0.2, -0.15) is 0 Å². The minimum Gasteiger partial charge on any atom is -0.854 e. The molecule has 0 aromatic carbocycles. The van der Waals surface area contributed by atoms with E-state index in [9.17, 15) is 14.7 Å². The van der Waals surface area contributed by atoms with E-state index in [2.05, 4.69) is 15.3 Å². The molecule has 0 saturated carbocycles. The lowest BCUT2D eigenvalue weighted by atomic mass is 10.3. The predicted octanol–water partition coefficient (Wildman–Crippen LogP) is -0.170. The van der Waals surface area contributed by atoms with Gasteiger partial charge in [-0.15, -0.1) is 23.1 Å². The first-order chi connectivity index (χ1) is 7.65. The van der Waals surface area contributed by atoms with Crippen LogP contribution in [0.25, 0.3) is 0 Å². The summed E-state index contributed by atoms with van der Waals surface area (Å²) in [5.74, 6) is -0.880. The Bertz CT molecular complexity index is 443. The van der Waals surface area contributed by atoms with Gasteiger partial charge in [0, 0.05) is 23.2 Å². The van der Waals surface area contributed by atoms with Crippen molar-refractivity contribution in [1.82, 2.24) is 4.98 Å². The Morgan fingerprint density at radius 2 is 2.44 bits per heavy atom. The Morgan fingerprint density at radius 3 is 3.00 bits per heavy atom. The van der Waals surface area contributed by atoms with Gasteiger partial charge in [0.05, 0.1) is 5.25 Å². The van der Waals surface area contributed by atoms with Crippen molar-refractivity contribution in [2.75, 3.05) is 5.32 Å². The number of aromatic nitrogens is 1. The van der Waals surface area contributed by atoms with Crippen molar-refractivity contribution in [3.05, 3.63) is 11.6 Å². The molecule has 0 saturated heterocycles. The number of rotatable bonds is 3. The van der Waals surface area contributed by atoms with Crippen LogP contribution in [0.2, 0.25) is 0 Å². The highest BCUT2D eigenvalue weighted by Crippen LogP contribution is 2.23. The Balaban J connectivity index is 1.87. The number of hydrogen-bond donors (Lipinski definition) is 1. The molecule has 0 unspecified atom stereocenters. The van der Waals surface area contributed by atoms with Gasteiger partial charge in [0.25, 0.3) is 5.91 Å². The Hall–Kier alpha value is -1.41. The van der Waals surface area contributed by atoms with Crippen molar-refractivity contribution in [3.63, 3.8) is 0 Å². The lowest BCUT2D eigenvalue weighted by Crippen LogP contribution is -2.21. The first kappa shape index (κ1) is 11.1. The van der Waals surface area contributed by atoms with Gasteiger partial charge in [0.15, 0.2) is 5.13 Å². The average molecular weight is 256 g/mol. The average Bonchev–Trinajstić information content (AvgIpc) is 2.78. The molecule has 1 aliphatic rings. The van der Waals surface area contributed by atoms with Crippen LogP contribution in [0, 0.1) is 0 Å². The summed E-state index contributed by atoms with van der Waals surface area (Å²) in [5, 5.41) is 14.3. The van der Waals surface area contributed by atoms with Crippen LogP contribution in [-0.4, -0.2) is 27.3 Å². The molecule has 2 amide bonds. The zero-order chi connectivity index (χ0) is 11.5. The van der Waals surface area contributed by atoms with E-state index in [1.807, 2.05) is 0 Å². The lowest BCUT2D eigenvalue weighted by molar-refractivity contribution is -0.205. The minimum atomic E-state index is -0.688. The van der Waals surface area contributed by atoms with Gasteiger partial charge in [-0.05, 0) is 0 Å². The molecule has 1 atom stereocenters. The largest absolute Gasteiger partial charge is 0.854 e. The van der Waals surface area contributed by atoms with Gasteiger partial charge < -0.3 is 10.4 Å². The van der Waals surface area contributed by atoms with Gasteiger partial charge in [-0.1, -0.05) is 0 Å². The smallest absolute Gasteiger partial charge is 0.259 e. The summed E-state index contributed by atoms with van der Waals surface area (Å²) in [4.78, 5) is 29.7. The molecule has 6 nitrogen and oxygen atoms in total. The van der Waals surface area contributed by atoms with E-state index in [-0.39, 0.29) is 12.3 Å². The predicted molar refractivity (Wildman–Crippen MR) is 59.2 cm³/mol. The summed E-state index contributed by atoms with van der Waals surface area (Å²) in [6, 6.07) is 0. The summed E-state index contributed by atoms with van der Waals surface area (Å²) in [5.41, 5.74) is 0. The SMILES string of the molecule is O=C(C[C@@H]1SC([O-])=NC1=O)Nc1nccs1. The van der Waals surface area contributed by atoms with Crippen LogP contribution in [-0.2, 0) is 9.59 Å². The summed E-state index contributed by atoms with van der Waals surface area (Å²) in [7, 11) is 0. The molecule has 0 spiro atoms. The number of nitrogens with zero attached hydrogens (tertiary/aromatic N) is 2. The summed E-state index contributed by atoms with van der Waals surface area (Å²) in [6.07, 6.45) is 1.51. The van der Waals surface area contributed by atoms with Gasteiger partial charge in [0.1, 0.15) is 0 Å². The van der Waals surface area contributed by atoms with Gasteiger partial charge in [-0.25, -0.2) is 9.98 Å². The maximum atomic E-state index is 11.5. The Kier molecular flexibility index (Phi) is 3.20. The van der Waals surface area contributed by atoms with Gasteiger partial charge in [0.2, 0.25) is 5.91 Å². The van der Waals surface area contributed by atoms with Crippen molar-refractivity contribution in [2.45, 2.75) is 11.7 Å². The zero-order valence-corrected chi connectivity index (χ0v) is 9.51. The second kappa shape index (κ2) is 4.62. The monoisotopic (exact) mass is 256 g/mol. The van der Waals surface area contributed by atoms with Crippen molar-refractivity contribution in [1.29, 1.82) is 0 Å². The molecule has 0 fully saturated rings. The van der Waals surface area contributed by atoms with E-state index >= 15 is 0 Å². The lowest BCUT2D eigenvalue weighted by Gasteiger charge is -2.07. The number of aliphatic imine (C=N–C) groups is 1. The number of thiazole rings is 1. The summed E-state index contributed by atoms with van der Waals surface area (Å²) >= 11 is 2.07. The molecule has 1 aliphatic heterocycles. The second-order valence-corrected chi connectivity index (χ2v) is 4.96. The van der Waals surface area contributed by atoms with Crippen LogP contribution >= 0.6 is 23.1 Å². The second-order valence-electron chi connectivity index (χ2n) is 2.91. The van der Waals surface area contributed by atoms with E-state index < -0.39 is 16.4 Å². The maximum absolute atomic E-state index is 11.5. The third kappa shape index (κ3) is 2.58. The number of nitrogens with one attached hydrogen (secondary N) is 1. The Labute approximate surface area is 98.8 Å². The van der Waals surface area contributed by atoms with Crippen molar-refractivity contribution >= 4 is 45.3 Å². The van der Waals surface area contributed by atoms with Crippen LogP contribution < -0.4 is 10.4 Å². The quantitative estimate of drug-likeness (QED) is 0.810. The molecule has 0 aliphatic carbocycles. The van der Waals surface area contributed by atoms with E-state index in [0.29, 0.717) is 5.13 Å². The summed E-state index contributed by atoms with van der Waals surface area (Å²) in [6.45, 7) is 0. The van der Waals surface area contributed by atoms with Crippen molar-refractivity contribution in [2.24, 2.45) is 4.99 Å². The summed E-state index contributed by atoms with van der Waals surface area (Å²) < 4.78 is 0. The number of carbonyl (C=O) groups excluding carboxylic acids is 2. The standard InChI is InChI=1S/C8H7N3O3S2/c12-5(10-7-9-1-2-15-7)3-4-6(13)11-8(14)16-4/h1-2,4H,3H2,(H,9,10,12)(H,11,13,14)/p-1/t4-/m0/s1. The molecule has 0 radical (unpaired) electrons. The molecular weight excluding hydrogens is 250 g/mol. The van der Waals surface area contributed by atoms with Gasteiger partial charge in [-0.3, -0.25) is 9.59 Å². The van der Waals surface area contributed by atoms with Crippen LogP contribution in [0.15, 0.2) is 16.6 Å². The van der Waals surface area contributed by atoms with E-state index in [1.165, 1.54) is 11.3 Å². The molecule has 16 heavy (non-hydrogen) atoms. The molecule has 0 bridgehead atoms. The van der Waals surface area contributed by atoms with E-state index in [1.54, 1.807) is 11.6 Å². The molecule has 8 heteroatoms. The molecule has 1 N–H and O–H groups in total. The highest BCUT2D eigenvalue weighted by atomic mass is 32.2. The third-order valence-corrected chi connectivity index (χ3v) is 3.40. The highest BCUT2D eigenvalue weighted by molar-refractivity contribution is 8.14. The van der Waals surface area contributed by atoms with E-state index in [0.717, 1.165) is 11.8 Å². The van der Waals surface area contributed by atoms with Crippen LogP contribution in [0.3, 0.4) is 0 Å². The number of carbonyl (C=O) groups is 2. The fourth-order valence-corrected chi connectivity index (χ4v) is 2.43. The van der Waals surface area contributed by atoms with E-state index in [4.69, 9.17) is 0 Å². The number of hydrogen-bond acceptors (Lipinski definition) is 6. The molecule has 2 rings (SSSR count). The normalized spacial score (nSPS) is 19.6. The van der Waals surface area contributed by atoms with Gasteiger partial charge >= 0.3 is 0 Å². The van der Waals surface area contributed by atoms with Crippen LogP contribution in [0.5, 0.6) is 0 Å². The molecular formula is C8H6N3O3S2-. The van der Waals surface area contributed by atoms with Crippen molar-refractivity contribution < 1.29 is 14.7 Å². The molecule has 1 aromatic heterocycles. The van der Waals surface area contributed by atoms with Crippen molar-refractivity contribution in [3.8, 4) is 0 Å². The Morgan fingerprint density at radius 1 is 1.62 bits per heavy atom. The molecule has 84 valence electrons. The van der Waals surface area contributed by atoms with Crippen LogP contribution in [0.1, 0.15) is 6.42 Å². The molecule has 1 aromatic rings. The fourth-order valence-electron chi connectivity index (χ4n) is 1.11.